The Morgan fingerprint density at radius 2 is 1.16 bits per heavy atom. The molecule has 2 aromatic heterocycles. The Bertz CT molecular complexity index is 2110. The third-order valence-electron chi connectivity index (χ3n) is 9.80. The van der Waals surface area contributed by atoms with Crippen molar-refractivity contribution in [2.24, 2.45) is 27.1 Å². The minimum Gasteiger partial charge on any atom is -0.462 e. The first-order valence-electron chi connectivity index (χ1n) is 21.3. The number of aryl methyl sites for hydroxylation is 2. The lowest BCUT2D eigenvalue weighted by Gasteiger charge is -2.45. The number of carbonyl (C=O) groups excluding carboxylic acids is 5. The summed E-state index contributed by atoms with van der Waals surface area (Å²) in [5, 5.41) is 15.2. The van der Waals surface area contributed by atoms with Crippen molar-refractivity contribution in [3.63, 3.8) is 0 Å². The SMILES string of the molecule is CC(C)(C)C(=O)OC[C@H]1O[C@@H](Oc2nn(CCO)c3nccc(CCc4ccc(OC(=O)C(C)(C)C)cc4)c23)[C@H](OC(=O)C(C)(C)C)[C@@H](OC(=O)C(C)(C)C)[C@@H]1OC(=O)C(C)(C)C. The summed E-state index contributed by atoms with van der Waals surface area (Å²) in [5.41, 5.74) is -2.70. The molecule has 5 atom stereocenters. The number of esters is 5. The van der Waals surface area contributed by atoms with Crippen LogP contribution < -0.4 is 9.47 Å². The normalized spacial score (nSPS) is 19.8. The number of carbonyl (C=O) groups is 5. The van der Waals surface area contributed by atoms with E-state index in [2.05, 4.69) is 4.98 Å². The minimum absolute atomic E-state index is 0.00994. The average molecular weight is 882 g/mol. The first kappa shape index (κ1) is 50.6. The molecule has 3 heterocycles. The third-order valence-corrected chi connectivity index (χ3v) is 9.80. The molecule has 0 saturated carbocycles. The second-order valence-electron chi connectivity index (χ2n) is 21.1. The van der Waals surface area contributed by atoms with Gasteiger partial charge in [-0.25, -0.2) is 9.67 Å². The average Bonchev–Trinajstić information content (AvgIpc) is 3.50. The smallest absolute Gasteiger partial charge is 0.316 e. The number of ether oxygens (including phenoxy) is 7. The zero-order chi connectivity index (χ0) is 47.5. The Labute approximate surface area is 370 Å². The van der Waals surface area contributed by atoms with Gasteiger partial charge in [0.2, 0.25) is 18.3 Å². The van der Waals surface area contributed by atoms with Gasteiger partial charge in [0.15, 0.2) is 17.9 Å². The van der Waals surface area contributed by atoms with Crippen molar-refractivity contribution < 1.29 is 62.2 Å². The fourth-order valence-corrected chi connectivity index (χ4v) is 5.82. The summed E-state index contributed by atoms with van der Waals surface area (Å²) in [4.78, 5) is 71.4. The number of hydrogen-bond acceptors (Lipinski definition) is 15. The molecule has 0 amide bonds. The molecule has 348 valence electrons. The number of fused-ring (bicyclic) bond motifs is 1. The first-order chi connectivity index (χ1) is 28.9. The van der Waals surface area contributed by atoms with Gasteiger partial charge >= 0.3 is 29.8 Å². The predicted octanol–water partition coefficient (Wildman–Crippen LogP) is 6.73. The van der Waals surface area contributed by atoms with Gasteiger partial charge in [0.1, 0.15) is 18.5 Å². The Morgan fingerprint density at radius 3 is 1.67 bits per heavy atom. The summed E-state index contributed by atoms with van der Waals surface area (Å²) < 4.78 is 44.4. The van der Waals surface area contributed by atoms with E-state index >= 15 is 0 Å². The minimum atomic E-state index is -1.60. The molecule has 16 heteroatoms. The lowest BCUT2D eigenvalue weighted by molar-refractivity contribution is -0.294. The molecular formula is C47H67N3O13. The van der Waals surface area contributed by atoms with Crippen LogP contribution in [0, 0.1) is 27.1 Å². The van der Waals surface area contributed by atoms with Gasteiger partial charge in [-0.1, -0.05) is 12.1 Å². The van der Waals surface area contributed by atoms with Gasteiger partial charge in [-0.15, -0.1) is 5.10 Å². The zero-order valence-corrected chi connectivity index (χ0v) is 39.6. The van der Waals surface area contributed by atoms with Gasteiger partial charge in [-0.3, -0.25) is 24.0 Å². The molecule has 1 aliphatic rings. The summed E-state index contributed by atoms with van der Waals surface area (Å²) in [7, 11) is 0. The van der Waals surface area contributed by atoms with Crippen LogP contribution >= 0.6 is 0 Å². The third kappa shape index (κ3) is 13.2. The molecular weight excluding hydrogens is 815 g/mol. The molecule has 1 N–H and O–H groups in total. The fraction of sp³-hybridized carbons (Fsp3) is 0.638. The van der Waals surface area contributed by atoms with E-state index in [9.17, 15) is 29.1 Å². The number of aliphatic hydroxyl groups excluding tert-OH is 1. The largest absolute Gasteiger partial charge is 0.462 e. The van der Waals surface area contributed by atoms with Gasteiger partial charge in [0, 0.05) is 6.20 Å². The molecule has 16 nitrogen and oxygen atoms in total. The summed E-state index contributed by atoms with van der Waals surface area (Å²) in [5.74, 6) is -2.63. The van der Waals surface area contributed by atoms with Crippen LogP contribution in [-0.2, 0) is 67.0 Å². The summed E-state index contributed by atoms with van der Waals surface area (Å²) in [6.45, 7) is 24.4. The lowest BCUT2D eigenvalue weighted by atomic mass is 9.93. The maximum absolute atomic E-state index is 13.8. The molecule has 3 aromatic rings. The van der Waals surface area contributed by atoms with Gasteiger partial charge in [-0.05, 0) is 146 Å². The quantitative estimate of drug-likeness (QED) is 0.108. The van der Waals surface area contributed by atoms with E-state index in [-0.39, 0.29) is 25.0 Å². The second-order valence-corrected chi connectivity index (χ2v) is 21.1. The van der Waals surface area contributed by atoms with Crippen molar-refractivity contribution in [2.45, 2.75) is 154 Å². The predicted molar refractivity (Wildman–Crippen MR) is 231 cm³/mol. The highest BCUT2D eigenvalue weighted by Gasteiger charge is 2.56. The van der Waals surface area contributed by atoms with Gasteiger partial charge in [0.25, 0.3) is 0 Å². The van der Waals surface area contributed by atoms with Gasteiger partial charge in [-0.2, -0.15) is 0 Å². The zero-order valence-electron chi connectivity index (χ0n) is 39.6. The number of rotatable bonds is 13. The van der Waals surface area contributed by atoms with E-state index < -0.39 is 88.3 Å². The lowest BCUT2D eigenvalue weighted by Crippen LogP contribution is -2.65. The monoisotopic (exact) mass is 881 g/mol. The first-order valence-corrected chi connectivity index (χ1v) is 21.3. The molecule has 0 radical (unpaired) electrons. The number of pyridine rings is 1. The van der Waals surface area contributed by atoms with Crippen LogP contribution in [0.3, 0.4) is 0 Å². The number of aliphatic hydroxyl groups is 1. The highest BCUT2D eigenvalue weighted by molar-refractivity contribution is 5.85. The van der Waals surface area contributed by atoms with E-state index in [0.29, 0.717) is 29.6 Å². The van der Waals surface area contributed by atoms with Crippen LogP contribution in [0.5, 0.6) is 11.6 Å². The number of nitrogens with zero attached hydrogens (tertiary/aromatic N) is 3. The maximum Gasteiger partial charge on any atom is 0.316 e. The molecule has 4 rings (SSSR count). The van der Waals surface area contributed by atoms with Crippen LogP contribution in [0.15, 0.2) is 36.5 Å². The van der Waals surface area contributed by atoms with Crippen molar-refractivity contribution in [3.05, 3.63) is 47.7 Å². The maximum atomic E-state index is 13.8. The summed E-state index contributed by atoms with van der Waals surface area (Å²) >= 11 is 0. The van der Waals surface area contributed by atoms with Crippen molar-refractivity contribution in [1.29, 1.82) is 0 Å². The fourth-order valence-electron chi connectivity index (χ4n) is 5.82. The molecule has 63 heavy (non-hydrogen) atoms. The second kappa shape index (κ2) is 19.3. The van der Waals surface area contributed by atoms with Crippen LogP contribution in [0.4, 0.5) is 0 Å². The van der Waals surface area contributed by atoms with Crippen LogP contribution in [-0.4, -0.2) is 93.6 Å². The van der Waals surface area contributed by atoms with Crippen molar-refractivity contribution in [3.8, 4) is 11.6 Å². The van der Waals surface area contributed by atoms with E-state index in [4.69, 9.17) is 38.3 Å². The van der Waals surface area contributed by atoms with Crippen LogP contribution in [0.2, 0.25) is 0 Å². The van der Waals surface area contributed by atoms with Crippen molar-refractivity contribution >= 4 is 40.9 Å². The van der Waals surface area contributed by atoms with E-state index in [1.54, 1.807) is 122 Å². The van der Waals surface area contributed by atoms with Crippen molar-refractivity contribution in [1.82, 2.24) is 14.8 Å². The number of aromatic nitrogens is 3. The molecule has 0 unspecified atom stereocenters. The number of hydrogen-bond donors (Lipinski definition) is 1. The molecule has 1 aliphatic heterocycles. The summed E-state index contributed by atoms with van der Waals surface area (Å²) in [6.07, 6.45) is -4.88. The van der Waals surface area contributed by atoms with E-state index in [0.717, 1.165) is 11.1 Å². The molecule has 0 aliphatic carbocycles. The molecule has 0 spiro atoms. The highest BCUT2D eigenvalue weighted by atomic mass is 16.7. The van der Waals surface area contributed by atoms with Gasteiger partial charge in [0.05, 0.1) is 45.6 Å². The van der Waals surface area contributed by atoms with Crippen molar-refractivity contribution in [2.75, 3.05) is 13.2 Å². The Morgan fingerprint density at radius 1 is 0.651 bits per heavy atom. The Balaban J connectivity index is 1.85. The molecule has 1 saturated heterocycles. The highest BCUT2D eigenvalue weighted by Crippen LogP contribution is 2.37. The number of benzene rings is 1. The molecule has 1 aromatic carbocycles. The van der Waals surface area contributed by atoms with Crippen LogP contribution in [0.25, 0.3) is 11.0 Å². The van der Waals surface area contributed by atoms with Crippen LogP contribution in [0.1, 0.15) is 115 Å². The molecule has 1 fully saturated rings. The summed E-state index contributed by atoms with van der Waals surface area (Å²) in [6, 6.07) is 9.02. The van der Waals surface area contributed by atoms with E-state index in [1.165, 1.54) is 4.68 Å². The van der Waals surface area contributed by atoms with E-state index in [1.807, 2.05) is 18.2 Å². The topological polar surface area (TPSA) is 201 Å². The Hall–Kier alpha value is -5.09. The van der Waals surface area contributed by atoms with Gasteiger partial charge < -0.3 is 38.3 Å². The standard InChI is InChI=1S/C47H67N3O13/c1-43(2,3)38(52)57-26-30-32(60-40(54)45(7,8)9)33(61-41(55)46(10,11)12)34(62-42(56)47(13,14)15)37(59-30)63-36-31-28(22-23-48-35(31)50(49-36)24-25-51)19-16-27-17-20-29(21-18-27)58-39(53)44(4,5)6/h17-18,20-23,30,32-34,37,51H,16,19,24-26H2,1-15H3/t30-,32-,33+,34-,37+/m1/s1. The Kier molecular flexibility index (Phi) is 15.5. The molecule has 0 bridgehead atoms.